The maximum Gasteiger partial charge on any atom is 0.336 e. The monoisotopic (exact) mass is 377 g/mol. The largest absolute Gasteiger partial charge is 0.478 e. The zero-order chi connectivity index (χ0) is 19.0. The molecule has 0 aromatic heterocycles. The van der Waals surface area contributed by atoms with E-state index >= 15 is 0 Å². The first-order valence-corrected chi connectivity index (χ1v) is 9.04. The van der Waals surface area contributed by atoms with E-state index < -0.39 is 5.97 Å². The summed E-state index contributed by atoms with van der Waals surface area (Å²) in [5, 5.41) is 16.7. The highest BCUT2D eigenvalue weighted by Crippen LogP contribution is 2.43. The van der Waals surface area contributed by atoms with Crippen LogP contribution in [0.4, 0.5) is 5.69 Å². The van der Waals surface area contributed by atoms with Gasteiger partial charge in [-0.25, -0.2) is 10.2 Å². The summed E-state index contributed by atoms with van der Waals surface area (Å²) in [5.41, 5.74) is 6.23. The Morgan fingerprint density at radius 3 is 2.59 bits per heavy atom. The molecule has 0 spiro atoms. The minimum atomic E-state index is -0.974. The molecule has 0 aliphatic carbocycles. The fourth-order valence-electron chi connectivity index (χ4n) is 2.99. The molecule has 1 amide bonds. The van der Waals surface area contributed by atoms with Gasteiger partial charge in [-0.05, 0) is 31.2 Å². The van der Waals surface area contributed by atoms with E-state index in [-0.39, 0.29) is 11.5 Å². The van der Waals surface area contributed by atoms with Gasteiger partial charge in [-0.2, -0.15) is 5.10 Å². The smallest absolute Gasteiger partial charge is 0.336 e. The lowest BCUT2D eigenvalue weighted by Gasteiger charge is -2.22. The molecule has 6 nitrogen and oxygen atoms in total. The number of para-hydroxylation sites is 1. The second-order valence-corrected chi connectivity index (χ2v) is 7.09. The lowest BCUT2D eigenvalue weighted by molar-refractivity contribution is -0.116. The lowest BCUT2D eigenvalue weighted by Crippen LogP contribution is -2.18. The Kier molecular flexibility index (Phi) is 4.29. The summed E-state index contributed by atoms with van der Waals surface area (Å²) in [6, 6.07) is 14.6. The van der Waals surface area contributed by atoms with E-state index in [0.717, 1.165) is 16.2 Å². The highest BCUT2D eigenvalue weighted by atomic mass is 32.2. The van der Waals surface area contributed by atoms with Gasteiger partial charge in [0.1, 0.15) is 0 Å². The number of anilines is 1. The predicted molar refractivity (Wildman–Crippen MR) is 106 cm³/mol. The molecule has 2 aliphatic rings. The summed E-state index contributed by atoms with van der Waals surface area (Å²) >= 11 is 1.36. The molecule has 27 heavy (non-hydrogen) atoms. The first-order chi connectivity index (χ1) is 13.0. The van der Waals surface area contributed by atoms with Gasteiger partial charge < -0.3 is 10.4 Å². The highest BCUT2D eigenvalue weighted by Gasteiger charge is 2.26. The van der Waals surface area contributed by atoms with Crippen molar-refractivity contribution in [1.29, 1.82) is 0 Å². The number of carboxylic acid groups (broad SMARTS) is 1. The van der Waals surface area contributed by atoms with Crippen molar-refractivity contribution in [3.8, 4) is 0 Å². The van der Waals surface area contributed by atoms with Gasteiger partial charge in [0.15, 0.2) is 0 Å². The maximum absolute atomic E-state index is 12.2. The van der Waals surface area contributed by atoms with E-state index in [9.17, 15) is 14.7 Å². The number of nitrogens with zero attached hydrogens (tertiary/aromatic N) is 1. The van der Waals surface area contributed by atoms with Crippen molar-refractivity contribution in [3.05, 3.63) is 77.0 Å². The zero-order valence-corrected chi connectivity index (χ0v) is 15.1. The Labute approximate surface area is 159 Å². The number of hydrogen-bond donors (Lipinski definition) is 3. The van der Waals surface area contributed by atoms with Crippen LogP contribution in [0.2, 0.25) is 0 Å². The number of carboxylic acids is 1. The first-order valence-electron chi connectivity index (χ1n) is 8.22. The molecule has 0 fully saturated rings. The number of nitrogens with one attached hydrogen (secondary N) is 2. The van der Waals surface area contributed by atoms with Crippen LogP contribution in [0.25, 0.3) is 4.91 Å². The summed E-state index contributed by atoms with van der Waals surface area (Å²) in [4.78, 5) is 25.2. The second-order valence-electron chi connectivity index (χ2n) is 6.01. The van der Waals surface area contributed by atoms with Crippen molar-refractivity contribution in [3.63, 3.8) is 0 Å². The van der Waals surface area contributed by atoms with Crippen molar-refractivity contribution < 1.29 is 14.7 Å². The van der Waals surface area contributed by atoms with E-state index in [0.29, 0.717) is 21.9 Å². The third kappa shape index (κ3) is 3.13. The molecule has 0 radical (unpaired) electrons. The summed E-state index contributed by atoms with van der Waals surface area (Å²) in [5.74, 6) is -1.24. The molecule has 2 aromatic carbocycles. The molecule has 2 aromatic rings. The topological polar surface area (TPSA) is 90.8 Å². The molecule has 2 heterocycles. The summed E-state index contributed by atoms with van der Waals surface area (Å²) in [6.07, 6.45) is 1.87. The number of allylic oxidation sites excluding steroid dienone is 1. The molecule has 134 valence electrons. The number of hydrazone groups is 1. The van der Waals surface area contributed by atoms with Gasteiger partial charge >= 0.3 is 5.97 Å². The summed E-state index contributed by atoms with van der Waals surface area (Å²) in [6.45, 7) is 1.77. The SMILES string of the molecule is CC1=NNC(=O)C1=C1C=C(Sc2ccccc2C(=O)O)c2ccccc2N1. The molecular formula is C20H15N3O3S. The summed E-state index contributed by atoms with van der Waals surface area (Å²) < 4.78 is 0. The van der Waals surface area contributed by atoms with Crippen molar-refractivity contribution in [2.24, 2.45) is 5.10 Å². The third-order valence-electron chi connectivity index (χ3n) is 4.26. The molecular weight excluding hydrogens is 362 g/mol. The van der Waals surface area contributed by atoms with Crippen LogP contribution in [0.3, 0.4) is 0 Å². The van der Waals surface area contributed by atoms with Crippen LogP contribution in [0.15, 0.2) is 75.9 Å². The average molecular weight is 377 g/mol. The number of carbonyl (C=O) groups is 2. The number of hydrogen-bond acceptors (Lipinski definition) is 5. The summed E-state index contributed by atoms with van der Waals surface area (Å²) in [7, 11) is 0. The van der Waals surface area contributed by atoms with Crippen LogP contribution in [-0.4, -0.2) is 22.7 Å². The molecule has 0 saturated heterocycles. The van der Waals surface area contributed by atoms with Gasteiger partial charge in [0, 0.05) is 21.1 Å². The van der Waals surface area contributed by atoms with Crippen molar-refractivity contribution >= 4 is 39.9 Å². The van der Waals surface area contributed by atoms with Gasteiger partial charge in [-0.3, -0.25) is 4.79 Å². The lowest BCUT2D eigenvalue weighted by atomic mass is 10.0. The van der Waals surface area contributed by atoms with Crippen molar-refractivity contribution in [1.82, 2.24) is 5.43 Å². The Hall–Kier alpha value is -3.32. The molecule has 2 aliphatic heterocycles. The minimum absolute atomic E-state index is 0.241. The molecule has 0 saturated carbocycles. The third-order valence-corrected chi connectivity index (χ3v) is 5.39. The van der Waals surface area contributed by atoms with Gasteiger partial charge in [0.25, 0.3) is 5.91 Å². The molecule has 4 rings (SSSR count). The van der Waals surface area contributed by atoms with Crippen LogP contribution in [0.5, 0.6) is 0 Å². The zero-order valence-electron chi connectivity index (χ0n) is 14.3. The molecule has 3 N–H and O–H groups in total. The van der Waals surface area contributed by atoms with Crippen LogP contribution in [-0.2, 0) is 4.79 Å². The number of aromatic carboxylic acids is 1. The van der Waals surface area contributed by atoms with E-state index in [1.165, 1.54) is 11.8 Å². The van der Waals surface area contributed by atoms with Gasteiger partial charge in [0.05, 0.1) is 22.5 Å². The minimum Gasteiger partial charge on any atom is -0.478 e. The quantitative estimate of drug-likeness (QED) is 0.710. The number of rotatable bonds is 3. The van der Waals surface area contributed by atoms with Gasteiger partial charge in [-0.1, -0.05) is 42.1 Å². The highest BCUT2D eigenvalue weighted by molar-refractivity contribution is 8.08. The van der Waals surface area contributed by atoms with E-state index in [2.05, 4.69) is 15.8 Å². The molecule has 0 unspecified atom stereocenters. The standard InChI is InChI=1S/C20H15N3O3S/c1-11-18(19(24)23-22-11)15-10-17(12-6-2-4-8-14(12)21-15)27-16-9-5-3-7-13(16)20(25)26/h2-10,21H,1H3,(H,23,24)(H,25,26). The van der Waals surface area contributed by atoms with Crippen LogP contribution in [0, 0.1) is 0 Å². The number of benzene rings is 2. The van der Waals surface area contributed by atoms with Crippen molar-refractivity contribution in [2.75, 3.05) is 5.32 Å². The van der Waals surface area contributed by atoms with Crippen LogP contribution in [0.1, 0.15) is 22.8 Å². The predicted octanol–water partition coefficient (Wildman–Crippen LogP) is 3.70. The van der Waals surface area contributed by atoms with Crippen molar-refractivity contribution in [2.45, 2.75) is 11.8 Å². The van der Waals surface area contributed by atoms with E-state index in [1.807, 2.05) is 36.4 Å². The Bertz CT molecular complexity index is 1070. The molecule has 7 heteroatoms. The van der Waals surface area contributed by atoms with Crippen LogP contribution < -0.4 is 10.7 Å². The average Bonchev–Trinajstić information content (AvgIpc) is 3.00. The number of thioether (sulfide) groups is 1. The Morgan fingerprint density at radius 1 is 1.11 bits per heavy atom. The normalized spacial score (nSPS) is 18.2. The van der Waals surface area contributed by atoms with E-state index in [4.69, 9.17) is 0 Å². The Balaban J connectivity index is 1.84. The van der Waals surface area contributed by atoms with Gasteiger partial charge in [-0.15, -0.1) is 0 Å². The number of amides is 1. The number of fused-ring (bicyclic) bond motifs is 1. The van der Waals surface area contributed by atoms with Gasteiger partial charge in [0.2, 0.25) is 0 Å². The molecule has 0 bridgehead atoms. The maximum atomic E-state index is 12.2. The number of carbonyl (C=O) groups excluding carboxylic acids is 1. The van der Waals surface area contributed by atoms with Crippen LogP contribution >= 0.6 is 11.8 Å². The fourth-order valence-corrected chi connectivity index (χ4v) is 4.11. The first kappa shape index (κ1) is 17.1. The fraction of sp³-hybridized carbons (Fsp3) is 0.0500. The van der Waals surface area contributed by atoms with E-state index in [1.54, 1.807) is 25.1 Å². The molecule has 0 atom stereocenters. The second kappa shape index (κ2) is 6.77. The Morgan fingerprint density at radius 2 is 1.85 bits per heavy atom.